The van der Waals surface area contributed by atoms with Crippen molar-refractivity contribution in [3.05, 3.63) is 0 Å². The summed E-state index contributed by atoms with van der Waals surface area (Å²) in [5, 5.41) is 9.00. The summed E-state index contributed by atoms with van der Waals surface area (Å²) < 4.78 is 0. The summed E-state index contributed by atoms with van der Waals surface area (Å²) in [5.41, 5.74) is 0. The first-order chi connectivity index (χ1) is 7.07. The fraction of sp³-hybridized carbons (Fsp3) is 0.778. The van der Waals surface area contributed by atoms with Crippen LogP contribution in [0.25, 0.3) is 0 Å². The van der Waals surface area contributed by atoms with Crippen LogP contribution in [0, 0.1) is 0 Å². The molecule has 2 atom stereocenters. The first-order valence-corrected chi connectivity index (χ1v) is 7.14. The Labute approximate surface area is 97.8 Å². The fourth-order valence-electron chi connectivity index (χ4n) is 1.62. The zero-order chi connectivity index (χ0) is 11.4. The summed E-state index contributed by atoms with van der Waals surface area (Å²) in [7, 11) is 0. The Balaban J connectivity index is 2.66. The van der Waals surface area contributed by atoms with Crippen molar-refractivity contribution in [2.75, 3.05) is 17.8 Å². The molecule has 6 heteroatoms. The van der Waals surface area contributed by atoms with Crippen LogP contribution in [0.2, 0.25) is 0 Å². The van der Waals surface area contributed by atoms with Crippen LogP contribution in [0.3, 0.4) is 0 Å². The van der Waals surface area contributed by atoms with Crippen LogP contribution < -0.4 is 0 Å². The number of amides is 1. The van der Waals surface area contributed by atoms with Gasteiger partial charge in [-0.3, -0.25) is 4.79 Å². The van der Waals surface area contributed by atoms with Crippen molar-refractivity contribution in [3.8, 4) is 0 Å². The number of hydrogen-bond acceptors (Lipinski definition) is 4. The second kappa shape index (κ2) is 5.65. The fourth-order valence-corrected chi connectivity index (χ4v) is 3.67. The minimum Gasteiger partial charge on any atom is -0.480 e. The zero-order valence-electron chi connectivity index (χ0n) is 8.80. The van der Waals surface area contributed by atoms with Gasteiger partial charge >= 0.3 is 5.97 Å². The summed E-state index contributed by atoms with van der Waals surface area (Å²) in [4.78, 5) is 23.8. The molecule has 1 heterocycles. The van der Waals surface area contributed by atoms with Gasteiger partial charge in [0.1, 0.15) is 6.04 Å². The third kappa shape index (κ3) is 3.04. The Morgan fingerprint density at radius 3 is 2.73 bits per heavy atom. The van der Waals surface area contributed by atoms with Gasteiger partial charge in [-0.05, 0) is 18.4 Å². The maximum absolute atomic E-state index is 11.4. The molecule has 0 aliphatic carbocycles. The largest absolute Gasteiger partial charge is 0.480 e. The molecule has 0 spiro atoms. The Hall–Kier alpha value is -0.360. The van der Waals surface area contributed by atoms with E-state index in [4.69, 9.17) is 5.11 Å². The third-order valence-electron chi connectivity index (χ3n) is 2.31. The molecule has 1 rings (SSSR count). The lowest BCUT2D eigenvalue weighted by Gasteiger charge is -2.25. The highest BCUT2D eigenvalue weighted by Crippen LogP contribution is 2.32. The van der Waals surface area contributed by atoms with E-state index in [2.05, 4.69) is 0 Å². The molecule has 1 fully saturated rings. The Bertz CT molecular complexity index is 260. The molecule has 86 valence electrons. The lowest BCUT2D eigenvalue weighted by atomic mass is 10.2. The van der Waals surface area contributed by atoms with E-state index in [1.807, 2.05) is 6.26 Å². The van der Waals surface area contributed by atoms with Gasteiger partial charge in [-0.25, -0.2) is 4.79 Å². The maximum Gasteiger partial charge on any atom is 0.327 e. The number of nitrogens with zero attached hydrogens (tertiary/aromatic N) is 1. The topological polar surface area (TPSA) is 57.6 Å². The van der Waals surface area contributed by atoms with Crippen molar-refractivity contribution in [3.63, 3.8) is 0 Å². The molecule has 1 aliphatic rings. The van der Waals surface area contributed by atoms with Crippen LogP contribution in [0.15, 0.2) is 0 Å². The van der Waals surface area contributed by atoms with E-state index < -0.39 is 12.0 Å². The van der Waals surface area contributed by atoms with Crippen LogP contribution in [0.1, 0.15) is 13.3 Å². The minimum absolute atomic E-state index is 0.0380. The standard InChI is InChI=1S/C9H15NO3S2/c1-6(11)10-7(9(12)13)5-15-8(10)3-4-14-2/h7-8H,3-5H2,1-2H3,(H,12,13). The van der Waals surface area contributed by atoms with Crippen molar-refractivity contribution in [2.45, 2.75) is 24.8 Å². The molecule has 0 aromatic rings. The number of carboxylic acid groups (broad SMARTS) is 1. The van der Waals surface area contributed by atoms with Crippen LogP contribution in [0.5, 0.6) is 0 Å². The first-order valence-electron chi connectivity index (χ1n) is 4.70. The number of carbonyl (C=O) groups is 2. The van der Waals surface area contributed by atoms with E-state index in [-0.39, 0.29) is 11.3 Å². The lowest BCUT2D eigenvalue weighted by molar-refractivity contribution is -0.148. The van der Waals surface area contributed by atoms with Gasteiger partial charge in [0.25, 0.3) is 0 Å². The van der Waals surface area contributed by atoms with Crippen molar-refractivity contribution >= 4 is 35.4 Å². The van der Waals surface area contributed by atoms with E-state index in [0.29, 0.717) is 5.75 Å². The minimum atomic E-state index is -0.899. The van der Waals surface area contributed by atoms with Crippen molar-refractivity contribution < 1.29 is 14.7 Å². The number of carbonyl (C=O) groups excluding carboxylic acids is 1. The summed E-state index contributed by atoms with van der Waals surface area (Å²) in [5.74, 6) is 0.421. The predicted molar refractivity (Wildman–Crippen MR) is 63.2 cm³/mol. The highest BCUT2D eigenvalue weighted by atomic mass is 32.2. The molecule has 1 aliphatic heterocycles. The monoisotopic (exact) mass is 249 g/mol. The average Bonchev–Trinajstić information content (AvgIpc) is 2.58. The van der Waals surface area contributed by atoms with E-state index >= 15 is 0 Å². The quantitative estimate of drug-likeness (QED) is 0.809. The molecule has 1 N–H and O–H groups in total. The number of aliphatic carboxylic acids is 1. The second-order valence-corrected chi connectivity index (χ2v) is 5.55. The van der Waals surface area contributed by atoms with E-state index in [9.17, 15) is 9.59 Å². The van der Waals surface area contributed by atoms with Gasteiger partial charge in [0.15, 0.2) is 0 Å². The number of carboxylic acids is 1. The van der Waals surface area contributed by atoms with Gasteiger partial charge in [-0.2, -0.15) is 11.8 Å². The summed E-state index contributed by atoms with van der Waals surface area (Å²) in [6.45, 7) is 1.44. The van der Waals surface area contributed by atoms with E-state index in [0.717, 1.165) is 12.2 Å². The lowest BCUT2D eigenvalue weighted by Crippen LogP contribution is -2.44. The molecular weight excluding hydrogens is 234 g/mol. The van der Waals surface area contributed by atoms with Gasteiger partial charge in [-0.15, -0.1) is 11.8 Å². The summed E-state index contributed by atoms with van der Waals surface area (Å²) in [6.07, 6.45) is 2.86. The molecule has 4 nitrogen and oxygen atoms in total. The highest BCUT2D eigenvalue weighted by molar-refractivity contribution is 8.00. The first kappa shape index (κ1) is 12.7. The number of rotatable bonds is 4. The van der Waals surface area contributed by atoms with Crippen LogP contribution >= 0.6 is 23.5 Å². The Kier molecular flexibility index (Phi) is 4.79. The molecule has 15 heavy (non-hydrogen) atoms. The van der Waals surface area contributed by atoms with E-state index in [1.54, 1.807) is 23.5 Å². The number of hydrogen-bond donors (Lipinski definition) is 1. The third-order valence-corrected chi connectivity index (χ3v) is 4.31. The summed E-state index contributed by atoms with van der Waals surface area (Å²) >= 11 is 3.28. The molecule has 1 amide bonds. The van der Waals surface area contributed by atoms with Gasteiger partial charge in [0, 0.05) is 12.7 Å². The van der Waals surface area contributed by atoms with Gasteiger partial charge in [0.05, 0.1) is 5.37 Å². The number of thioether (sulfide) groups is 2. The van der Waals surface area contributed by atoms with Crippen LogP contribution in [-0.2, 0) is 9.59 Å². The Morgan fingerprint density at radius 1 is 1.60 bits per heavy atom. The van der Waals surface area contributed by atoms with Gasteiger partial charge in [0.2, 0.25) is 5.91 Å². The molecule has 2 unspecified atom stereocenters. The van der Waals surface area contributed by atoms with Crippen LogP contribution in [-0.4, -0.2) is 51.1 Å². The molecule has 0 bridgehead atoms. The van der Waals surface area contributed by atoms with Gasteiger partial charge < -0.3 is 10.0 Å². The smallest absolute Gasteiger partial charge is 0.327 e. The summed E-state index contributed by atoms with van der Waals surface area (Å²) in [6, 6.07) is -0.639. The normalized spacial score (nSPS) is 25.6. The molecule has 1 saturated heterocycles. The Morgan fingerprint density at radius 2 is 2.27 bits per heavy atom. The maximum atomic E-state index is 11.4. The van der Waals surface area contributed by atoms with Crippen molar-refractivity contribution in [1.29, 1.82) is 0 Å². The molecule has 0 aromatic heterocycles. The molecule has 0 aromatic carbocycles. The SMILES string of the molecule is CSCCC1SCC(C(=O)O)N1C(C)=O. The molecule has 0 saturated carbocycles. The second-order valence-electron chi connectivity index (χ2n) is 3.35. The van der Waals surface area contributed by atoms with Gasteiger partial charge in [-0.1, -0.05) is 0 Å². The molecule has 0 radical (unpaired) electrons. The molecular formula is C9H15NO3S2. The highest BCUT2D eigenvalue weighted by Gasteiger charge is 2.39. The van der Waals surface area contributed by atoms with Crippen molar-refractivity contribution in [1.82, 2.24) is 4.90 Å². The average molecular weight is 249 g/mol. The van der Waals surface area contributed by atoms with Crippen molar-refractivity contribution in [2.24, 2.45) is 0 Å². The zero-order valence-corrected chi connectivity index (χ0v) is 10.4. The predicted octanol–water partition coefficient (Wildman–Crippen LogP) is 1.11. The van der Waals surface area contributed by atoms with E-state index in [1.165, 1.54) is 11.8 Å². The van der Waals surface area contributed by atoms with Crippen LogP contribution in [0.4, 0.5) is 0 Å².